The molecule has 0 radical (unpaired) electrons. The highest BCUT2D eigenvalue weighted by molar-refractivity contribution is 7.87. The molecular weight excluding hydrogens is 360 g/mol. The van der Waals surface area contributed by atoms with E-state index >= 15 is 0 Å². The van der Waals surface area contributed by atoms with E-state index in [9.17, 15) is 22.8 Å². The number of hydrogen-bond acceptors (Lipinski definition) is 6. The smallest absolute Gasteiger partial charge is 0.339 e. The summed E-state index contributed by atoms with van der Waals surface area (Å²) in [6.07, 6.45) is 0.199. The Morgan fingerprint density at radius 3 is 2.35 bits per heavy atom. The van der Waals surface area contributed by atoms with E-state index < -0.39 is 21.2 Å². The lowest BCUT2D eigenvalue weighted by Gasteiger charge is -2.11. The summed E-state index contributed by atoms with van der Waals surface area (Å²) in [4.78, 5) is 39.1. The fourth-order valence-corrected chi connectivity index (χ4v) is 3.35. The summed E-state index contributed by atoms with van der Waals surface area (Å²) in [6.45, 7) is 1.66. The fraction of sp³-hybridized carbons (Fsp3) is 0.118. The molecule has 0 aliphatic carbocycles. The van der Waals surface area contributed by atoms with Gasteiger partial charge in [-0.05, 0) is 30.3 Å². The predicted octanol–water partition coefficient (Wildman–Crippen LogP) is 1.58. The van der Waals surface area contributed by atoms with Crippen LogP contribution in [0, 0.1) is 0 Å². The number of ketones is 1. The van der Waals surface area contributed by atoms with Crippen LogP contribution in [0.1, 0.15) is 23.7 Å². The van der Waals surface area contributed by atoms with E-state index in [0.717, 1.165) is 0 Å². The van der Waals surface area contributed by atoms with Crippen molar-refractivity contribution in [3.05, 3.63) is 68.7 Å². The summed E-state index contributed by atoms with van der Waals surface area (Å²) in [6, 6.07) is 9.79. The number of H-pyrrole nitrogens is 2. The second-order valence-corrected chi connectivity index (χ2v) is 6.97. The molecule has 3 rings (SSSR count). The molecule has 8 nitrogen and oxygen atoms in total. The number of carbonyl (C=O) groups excluding carboxylic acids is 1. The maximum absolute atomic E-state index is 12.6. The van der Waals surface area contributed by atoms with E-state index in [1.54, 1.807) is 19.1 Å². The summed E-state index contributed by atoms with van der Waals surface area (Å²) >= 11 is 0. The van der Waals surface area contributed by atoms with Crippen LogP contribution < -0.4 is 15.3 Å². The number of hydrogen-bond donors (Lipinski definition) is 2. The molecule has 26 heavy (non-hydrogen) atoms. The zero-order chi connectivity index (χ0) is 18.9. The van der Waals surface area contributed by atoms with Crippen LogP contribution in [0.5, 0.6) is 5.75 Å². The molecule has 0 spiro atoms. The zero-order valence-electron chi connectivity index (χ0n) is 13.6. The number of carbonyl (C=O) groups is 1. The van der Waals surface area contributed by atoms with Gasteiger partial charge in [0.1, 0.15) is 4.90 Å². The summed E-state index contributed by atoms with van der Waals surface area (Å²) in [5.41, 5.74) is -1.16. The van der Waals surface area contributed by atoms with Crippen LogP contribution in [-0.2, 0) is 10.1 Å². The van der Waals surface area contributed by atoms with Crippen LogP contribution in [0.4, 0.5) is 0 Å². The number of aromatic nitrogens is 2. The van der Waals surface area contributed by atoms with E-state index in [0.29, 0.717) is 0 Å². The topological polar surface area (TPSA) is 126 Å². The van der Waals surface area contributed by atoms with Gasteiger partial charge >= 0.3 is 21.2 Å². The normalized spacial score (nSPS) is 11.4. The maximum Gasteiger partial charge on any atom is 0.339 e. The van der Waals surface area contributed by atoms with Gasteiger partial charge in [-0.2, -0.15) is 8.42 Å². The molecule has 0 unspecified atom stereocenters. The van der Waals surface area contributed by atoms with Gasteiger partial charge in [0.05, 0.1) is 16.6 Å². The average Bonchev–Trinajstić information content (AvgIpc) is 2.61. The van der Waals surface area contributed by atoms with Crippen molar-refractivity contribution in [1.29, 1.82) is 0 Å². The molecule has 9 heteroatoms. The third-order valence-corrected chi connectivity index (χ3v) is 4.92. The van der Waals surface area contributed by atoms with Crippen LogP contribution in [0.25, 0.3) is 11.0 Å². The largest absolute Gasteiger partial charge is 0.378 e. The molecule has 0 atom stereocenters. The Labute approximate surface area is 147 Å². The van der Waals surface area contributed by atoms with Gasteiger partial charge in [0.15, 0.2) is 11.5 Å². The van der Waals surface area contributed by atoms with E-state index in [1.165, 1.54) is 30.3 Å². The van der Waals surface area contributed by atoms with Crippen molar-refractivity contribution in [3.8, 4) is 5.75 Å². The lowest BCUT2D eigenvalue weighted by molar-refractivity contribution is 0.0986. The first-order chi connectivity index (χ1) is 12.3. The minimum atomic E-state index is -4.26. The summed E-state index contributed by atoms with van der Waals surface area (Å²) in [5, 5.41) is 0. The lowest BCUT2D eigenvalue weighted by atomic mass is 10.1. The molecule has 0 aliphatic rings. The Morgan fingerprint density at radius 2 is 1.65 bits per heavy atom. The van der Waals surface area contributed by atoms with Gasteiger partial charge in [0.25, 0.3) is 0 Å². The second kappa shape index (κ2) is 6.60. The SMILES string of the molecule is CCC(=O)c1ccccc1OS(=O)(=O)c1ccc2[nH]c(=O)c(=O)[nH]c2c1. The molecule has 0 saturated heterocycles. The number of aromatic amines is 2. The molecule has 0 bridgehead atoms. The highest BCUT2D eigenvalue weighted by Gasteiger charge is 2.21. The van der Waals surface area contributed by atoms with Crippen molar-refractivity contribution < 1.29 is 17.4 Å². The van der Waals surface area contributed by atoms with E-state index in [-0.39, 0.29) is 39.4 Å². The Bertz CT molecular complexity index is 1220. The minimum absolute atomic E-state index is 0.0746. The Kier molecular flexibility index (Phi) is 4.47. The first kappa shape index (κ1) is 17.6. The Morgan fingerprint density at radius 1 is 1.00 bits per heavy atom. The van der Waals surface area contributed by atoms with E-state index in [1.807, 2.05) is 0 Å². The van der Waals surface area contributed by atoms with Crippen molar-refractivity contribution in [3.63, 3.8) is 0 Å². The minimum Gasteiger partial charge on any atom is -0.378 e. The fourth-order valence-electron chi connectivity index (χ4n) is 2.38. The molecule has 3 aromatic rings. The summed E-state index contributed by atoms with van der Waals surface area (Å²) in [5.74, 6) is -0.328. The van der Waals surface area contributed by atoms with Gasteiger partial charge in [-0.15, -0.1) is 0 Å². The highest BCUT2D eigenvalue weighted by atomic mass is 32.2. The number of fused-ring (bicyclic) bond motifs is 1. The maximum atomic E-state index is 12.6. The lowest BCUT2D eigenvalue weighted by Crippen LogP contribution is -2.29. The quantitative estimate of drug-likeness (QED) is 0.397. The van der Waals surface area contributed by atoms with Gasteiger partial charge in [-0.3, -0.25) is 14.4 Å². The third-order valence-electron chi connectivity index (χ3n) is 3.69. The van der Waals surface area contributed by atoms with Crippen LogP contribution in [0.15, 0.2) is 56.9 Å². The van der Waals surface area contributed by atoms with Gasteiger partial charge in [-0.25, -0.2) is 0 Å². The highest BCUT2D eigenvalue weighted by Crippen LogP contribution is 2.25. The molecule has 0 saturated carbocycles. The van der Waals surface area contributed by atoms with Crippen molar-refractivity contribution in [2.45, 2.75) is 18.2 Å². The van der Waals surface area contributed by atoms with Gasteiger partial charge in [0, 0.05) is 6.42 Å². The number of nitrogens with one attached hydrogen (secondary N) is 2. The first-order valence-corrected chi connectivity index (χ1v) is 9.05. The standard InChI is InChI=1S/C17H14N2O6S/c1-2-14(20)11-5-3-4-6-15(11)25-26(23,24)10-7-8-12-13(9-10)19-17(22)16(21)18-12/h3-9H,2H2,1H3,(H,18,21)(H,19,22). The van der Waals surface area contributed by atoms with Crippen molar-refractivity contribution in [2.24, 2.45) is 0 Å². The molecule has 1 heterocycles. The van der Waals surface area contributed by atoms with Crippen molar-refractivity contribution in [2.75, 3.05) is 0 Å². The molecule has 0 amide bonds. The monoisotopic (exact) mass is 374 g/mol. The molecule has 2 aromatic carbocycles. The molecular formula is C17H14N2O6S. The number of rotatable bonds is 5. The van der Waals surface area contributed by atoms with Gasteiger partial charge < -0.3 is 14.2 Å². The molecule has 0 aliphatic heterocycles. The van der Waals surface area contributed by atoms with Crippen LogP contribution in [0.3, 0.4) is 0 Å². The molecule has 1 aromatic heterocycles. The Balaban J connectivity index is 2.05. The van der Waals surface area contributed by atoms with Crippen LogP contribution in [-0.4, -0.2) is 24.2 Å². The molecule has 0 fully saturated rings. The second-order valence-electron chi connectivity index (χ2n) is 5.43. The van der Waals surface area contributed by atoms with Crippen molar-refractivity contribution >= 4 is 26.9 Å². The van der Waals surface area contributed by atoms with Crippen LogP contribution >= 0.6 is 0 Å². The van der Waals surface area contributed by atoms with E-state index in [4.69, 9.17) is 4.18 Å². The third kappa shape index (κ3) is 3.29. The molecule has 134 valence electrons. The Hall–Kier alpha value is -3.20. The molecule has 2 N–H and O–H groups in total. The number of para-hydroxylation sites is 1. The van der Waals surface area contributed by atoms with Gasteiger partial charge in [0.2, 0.25) is 0 Å². The van der Waals surface area contributed by atoms with E-state index in [2.05, 4.69) is 9.97 Å². The first-order valence-electron chi connectivity index (χ1n) is 7.65. The van der Waals surface area contributed by atoms with Crippen molar-refractivity contribution in [1.82, 2.24) is 9.97 Å². The number of benzene rings is 2. The van der Waals surface area contributed by atoms with Crippen LogP contribution in [0.2, 0.25) is 0 Å². The number of Topliss-reactive ketones (excluding diaryl/α,β-unsaturated/α-hetero) is 1. The van der Waals surface area contributed by atoms with Gasteiger partial charge in [-0.1, -0.05) is 19.1 Å². The summed E-state index contributed by atoms with van der Waals surface area (Å²) in [7, 11) is -4.26. The summed E-state index contributed by atoms with van der Waals surface area (Å²) < 4.78 is 30.3. The zero-order valence-corrected chi connectivity index (χ0v) is 14.4. The predicted molar refractivity (Wildman–Crippen MR) is 94.1 cm³/mol. The average molecular weight is 374 g/mol.